The number of benzene rings is 1. The van der Waals surface area contributed by atoms with E-state index in [-0.39, 0.29) is 54.3 Å². The number of likely N-dealkylation sites (N-methyl/N-ethyl adjacent to an activating group) is 1. The molecule has 1 aromatic carbocycles. The van der Waals surface area contributed by atoms with Crippen LogP contribution in [0.15, 0.2) is 42.0 Å². The van der Waals surface area contributed by atoms with E-state index in [1.54, 1.807) is 24.9 Å². The van der Waals surface area contributed by atoms with E-state index in [9.17, 15) is 19.5 Å². The lowest BCUT2D eigenvalue weighted by molar-refractivity contribution is -0.140. The molecule has 0 radical (unpaired) electrons. The Morgan fingerprint density at radius 2 is 1.67 bits per heavy atom. The lowest BCUT2D eigenvalue weighted by Gasteiger charge is -2.39. The average Bonchev–Trinajstić information content (AvgIpc) is 2.92. The fraction of sp³-hybridized carbons (Fsp3) is 0.645. The minimum Gasteiger partial charge on any atom is -0.394 e. The molecule has 1 aliphatic rings. The zero-order valence-electron chi connectivity index (χ0n) is 25.1. The maximum Gasteiger partial charge on any atom is 0.247 e. The second-order valence-corrected chi connectivity index (χ2v) is 11.7. The van der Waals surface area contributed by atoms with Gasteiger partial charge in [-0.1, -0.05) is 70.5 Å². The van der Waals surface area contributed by atoms with E-state index < -0.39 is 12.1 Å². The van der Waals surface area contributed by atoms with Crippen molar-refractivity contribution in [2.45, 2.75) is 97.9 Å². The highest BCUT2D eigenvalue weighted by atomic mass is 16.3. The molecule has 1 aliphatic heterocycles. The lowest BCUT2D eigenvalue weighted by atomic mass is 9.95. The van der Waals surface area contributed by atoms with Gasteiger partial charge in [0.05, 0.1) is 24.7 Å². The molecule has 8 heteroatoms. The minimum absolute atomic E-state index is 0.0303. The third-order valence-electron chi connectivity index (χ3n) is 7.69. The quantitative estimate of drug-likeness (QED) is 0.350. The summed E-state index contributed by atoms with van der Waals surface area (Å²) in [5.74, 6) is -0.637. The summed E-state index contributed by atoms with van der Waals surface area (Å²) in [5, 5.41) is 15.8. The molecule has 1 fully saturated rings. The Morgan fingerprint density at radius 3 is 2.21 bits per heavy atom. The summed E-state index contributed by atoms with van der Waals surface area (Å²) in [4.78, 5) is 44.0. The predicted molar refractivity (Wildman–Crippen MR) is 156 cm³/mol. The van der Waals surface area contributed by atoms with Crippen LogP contribution in [0.25, 0.3) is 0 Å². The smallest absolute Gasteiger partial charge is 0.247 e. The number of aliphatic hydroxyl groups is 1. The van der Waals surface area contributed by atoms with Gasteiger partial charge in [0.1, 0.15) is 6.04 Å². The maximum atomic E-state index is 13.8. The standard InChI is InChI=1S/C31H50N4O4/c1-20(2)27(18-23(7)29(37)32-25(19-36)24-14-10-9-11-15-24)34(8)31(39)28(21(3)4)33-30(38)26-16-12-13-17-35(26)22(5)6/h9-11,14-15,18,20-22,25-28,36H,12-13,16-17,19H2,1-8H3,(H,32,37)(H,33,38)/t25-,26-,27-,28+/m1/s1. The molecule has 8 nitrogen and oxygen atoms in total. The van der Waals surface area contributed by atoms with Gasteiger partial charge in [-0.25, -0.2) is 0 Å². The van der Waals surface area contributed by atoms with Crippen LogP contribution in [0.5, 0.6) is 0 Å². The molecule has 1 heterocycles. The van der Waals surface area contributed by atoms with E-state index >= 15 is 0 Å². The first-order valence-electron chi connectivity index (χ1n) is 14.4. The van der Waals surface area contributed by atoms with Crippen molar-refractivity contribution in [3.05, 3.63) is 47.5 Å². The van der Waals surface area contributed by atoms with Gasteiger partial charge in [0.25, 0.3) is 0 Å². The highest BCUT2D eigenvalue weighted by Crippen LogP contribution is 2.22. The maximum absolute atomic E-state index is 13.8. The second kappa shape index (κ2) is 15.2. The van der Waals surface area contributed by atoms with Crippen LogP contribution in [0.3, 0.4) is 0 Å². The first kappa shape index (κ1) is 32.5. The fourth-order valence-electron chi connectivity index (χ4n) is 5.26. The van der Waals surface area contributed by atoms with Crippen LogP contribution < -0.4 is 10.6 Å². The van der Waals surface area contributed by atoms with Gasteiger partial charge in [-0.3, -0.25) is 19.3 Å². The molecule has 0 spiro atoms. The molecule has 0 aromatic heterocycles. The van der Waals surface area contributed by atoms with Crippen LogP contribution in [0.4, 0.5) is 0 Å². The Labute approximate surface area is 235 Å². The summed E-state index contributed by atoms with van der Waals surface area (Å²) in [6, 6.07) is 7.81. The molecule has 3 N–H and O–H groups in total. The van der Waals surface area contributed by atoms with Crippen molar-refractivity contribution in [3.8, 4) is 0 Å². The Hall–Kier alpha value is -2.71. The van der Waals surface area contributed by atoms with Gasteiger partial charge in [-0.15, -0.1) is 0 Å². The SMILES string of the molecule is CC(=C[C@H](C(C)C)N(C)C(=O)[C@@H](NC(=O)[C@H]1CCCCN1C(C)C)C(C)C)C(=O)N[C@H](CO)c1ccccc1. The van der Waals surface area contributed by atoms with Crippen molar-refractivity contribution in [2.24, 2.45) is 11.8 Å². The molecule has 4 atom stereocenters. The van der Waals surface area contributed by atoms with Gasteiger partial charge in [0, 0.05) is 18.7 Å². The van der Waals surface area contributed by atoms with E-state index in [4.69, 9.17) is 0 Å². The van der Waals surface area contributed by atoms with Crippen molar-refractivity contribution in [1.29, 1.82) is 0 Å². The topological polar surface area (TPSA) is 102 Å². The Kier molecular flexibility index (Phi) is 12.6. The number of nitrogens with one attached hydrogen (secondary N) is 2. The molecule has 0 bridgehead atoms. The van der Waals surface area contributed by atoms with Gasteiger partial charge in [0.2, 0.25) is 17.7 Å². The van der Waals surface area contributed by atoms with Crippen molar-refractivity contribution < 1.29 is 19.5 Å². The van der Waals surface area contributed by atoms with E-state index in [0.29, 0.717) is 5.57 Å². The number of amides is 3. The van der Waals surface area contributed by atoms with Gasteiger partial charge >= 0.3 is 0 Å². The Balaban J connectivity index is 2.18. The molecule has 3 amide bonds. The number of nitrogens with zero attached hydrogens (tertiary/aromatic N) is 2. The summed E-state index contributed by atoms with van der Waals surface area (Å²) in [7, 11) is 1.73. The zero-order chi connectivity index (χ0) is 29.3. The molecule has 39 heavy (non-hydrogen) atoms. The van der Waals surface area contributed by atoms with E-state index in [2.05, 4.69) is 29.4 Å². The summed E-state index contributed by atoms with van der Waals surface area (Å²) in [6.07, 6.45) is 4.68. The summed E-state index contributed by atoms with van der Waals surface area (Å²) >= 11 is 0. The molecule has 218 valence electrons. The molecule has 1 aromatic rings. The van der Waals surface area contributed by atoms with Gasteiger partial charge < -0.3 is 20.6 Å². The largest absolute Gasteiger partial charge is 0.394 e. The lowest BCUT2D eigenvalue weighted by Crippen LogP contribution is -2.58. The zero-order valence-corrected chi connectivity index (χ0v) is 25.1. The number of aliphatic hydroxyl groups excluding tert-OH is 1. The van der Waals surface area contributed by atoms with Crippen LogP contribution in [0.2, 0.25) is 0 Å². The summed E-state index contributed by atoms with van der Waals surface area (Å²) in [6.45, 7) is 14.5. The van der Waals surface area contributed by atoms with E-state index in [1.807, 2.05) is 58.0 Å². The van der Waals surface area contributed by atoms with Crippen molar-refractivity contribution >= 4 is 17.7 Å². The fourth-order valence-corrected chi connectivity index (χ4v) is 5.26. The van der Waals surface area contributed by atoms with Crippen LogP contribution >= 0.6 is 0 Å². The number of carbonyl (C=O) groups is 3. The number of likely N-dealkylation sites (tertiary alicyclic amines) is 1. The monoisotopic (exact) mass is 542 g/mol. The highest BCUT2D eigenvalue weighted by Gasteiger charge is 2.36. The van der Waals surface area contributed by atoms with Crippen LogP contribution in [0, 0.1) is 11.8 Å². The Bertz CT molecular complexity index is 976. The van der Waals surface area contributed by atoms with Crippen LogP contribution in [-0.4, -0.2) is 77.0 Å². The average molecular weight is 543 g/mol. The molecule has 0 unspecified atom stereocenters. The van der Waals surface area contributed by atoms with Crippen LogP contribution in [-0.2, 0) is 14.4 Å². The highest BCUT2D eigenvalue weighted by molar-refractivity contribution is 5.93. The molecular formula is C31H50N4O4. The number of carbonyl (C=O) groups excluding carboxylic acids is 3. The summed E-state index contributed by atoms with van der Waals surface area (Å²) in [5.41, 5.74) is 1.28. The molecular weight excluding hydrogens is 492 g/mol. The van der Waals surface area contributed by atoms with E-state index in [1.165, 1.54) is 0 Å². The first-order valence-corrected chi connectivity index (χ1v) is 14.4. The van der Waals surface area contributed by atoms with Gasteiger partial charge in [0.15, 0.2) is 0 Å². The minimum atomic E-state index is -0.668. The predicted octanol–water partition coefficient (Wildman–Crippen LogP) is 3.67. The molecule has 1 saturated heterocycles. The number of piperidine rings is 1. The summed E-state index contributed by atoms with van der Waals surface area (Å²) < 4.78 is 0. The normalized spacial score (nSPS) is 19.1. The third-order valence-corrected chi connectivity index (χ3v) is 7.69. The van der Waals surface area contributed by atoms with Crippen molar-refractivity contribution in [3.63, 3.8) is 0 Å². The Morgan fingerprint density at radius 1 is 1.03 bits per heavy atom. The van der Waals surface area contributed by atoms with Gasteiger partial charge in [-0.2, -0.15) is 0 Å². The number of rotatable bonds is 12. The molecule has 0 aliphatic carbocycles. The van der Waals surface area contributed by atoms with Crippen molar-refractivity contribution in [2.75, 3.05) is 20.2 Å². The number of hydrogen-bond acceptors (Lipinski definition) is 5. The van der Waals surface area contributed by atoms with E-state index in [0.717, 1.165) is 31.4 Å². The third kappa shape index (κ3) is 8.90. The van der Waals surface area contributed by atoms with Crippen molar-refractivity contribution in [1.82, 2.24) is 20.4 Å². The molecule has 2 rings (SSSR count). The molecule has 0 saturated carbocycles. The van der Waals surface area contributed by atoms with Gasteiger partial charge in [-0.05, 0) is 57.6 Å². The van der Waals surface area contributed by atoms with Crippen LogP contribution in [0.1, 0.15) is 79.3 Å². The second-order valence-electron chi connectivity index (χ2n) is 11.7. The number of hydrogen-bond donors (Lipinski definition) is 3. The first-order chi connectivity index (χ1) is 18.4.